The first-order valence-corrected chi connectivity index (χ1v) is 8.03. The van der Waals surface area contributed by atoms with Gasteiger partial charge < -0.3 is 29.9 Å². The molecule has 140 valence electrons. The first-order chi connectivity index (χ1) is 12.9. The number of rotatable bonds is 6. The van der Waals surface area contributed by atoms with Crippen LogP contribution in [0.15, 0.2) is 36.1 Å². The third-order valence-electron chi connectivity index (χ3n) is 3.88. The number of allylic oxidation sites excluding steroid dienone is 1. The lowest BCUT2D eigenvalue weighted by Crippen LogP contribution is -2.02. The zero-order valence-corrected chi connectivity index (χ0v) is 14.0. The van der Waals surface area contributed by atoms with Gasteiger partial charge in [-0.05, 0) is 36.8 Å². The summed E-state index contributed by atoms with van der Waals surface area (Å²) < 4.78 is 10.7. The number of hydrogen-bond donors (Lipinski definition) is 4. The maximum atomic E-state index is 12.3. The molecule has 0 aliphatic carbocycles. The van der Waals surface area contributed by atoms with Gasteiger partial charge in [-0.25, -0.2) is 0 Å². The van der Waals surface area contributed by atoms with E-state index in [1.807, 2.05) is 0 Å². The smallest absolute Gasteiger partial charge is 0.303 e. The van der Waals surface area contributed by atoms with Crippen LogP contribution >= 0.6 is 0 Å². The van der Waals surface area contributed by atoms with Crippen molar-refractivity contribution in [2.24, 2.45) is 0 Å². The summed E-state index contributed by atoms with van der Waals surface area (Å²) in [4.78, 5) is 22.8. The van der Waals surface area contributed by atoms with Crippen molar-refractivity contribution in [2.75, 3.05) is 6.61 Å². The molecule has 0 fully saturated rings. The number of ketones is 1. The number of ether oxygens (including phenoxy) is 2. The van der Waals surface area contributed by atoms with Gasteiger partial charge in [-0.15, -0.1) is 0 Å². The molecule has 1 aliphatic heterocycles. The van der Waals surface area contributed by atoms with Gasteiger partial charge in [0.2, 0.25) is 11.5 Å². The Bertz CT molecular complexity index is 945. The fraction of sp³-hybridized carbons (Fsp3) is 0.158. The van der Waals surface area contributed by atoms with Gasteiger partial charge in [0.05, 0.1) is 12.2 Å². The number of benzene rings is 2. The Morgan fingerprint density at radius 1 is 1.11 bits per heavy atom. The van der Waals surface area contributed by atoms with Crippen molar-refractivity contribution >= 4 is 17.8 Å². The predicted octanol–water partition coefficient (Wildman–Crippen LogP) is 2.66. The van der Waals surface area contributed by atoms with Crippen LogP contribution in [0.3, 0.4) is 0 Å². The molecule has 3 rings (SSSR count). The van der Waals surface area contributed by atoms with E-state index >= 15 is 0 Å². The monoisotopic (exact) mass is 372 g/mol. The Hall–Kier alpha value is -3.68. The summed E-state index contributed by atoms with van der Waals surface area (Å²) in [6.45, 7) is 0.186. The average molecular weight is 372 g/mol. The van der Waals surface area contributed by atoms with E-state index in [1.165, 1.54) is 30.3 Å². The normalized spacial score (nSPS) is 14.1. The molecule has 2 aromatic rings. The number of carbonyl (C=O) groups is 2. The quantitative estimate of drug-likeness (QED) is 0.345. The summed E-state index contributed by atoms with van der Waals surface area (Å²) in [6.07, 6.45) is 1.62. The lowest BCUT2D eigenvalue weighted by atomic mass is 10.1. The van der Waals surface area contributed by atoms with Crippen molar-refractivity contribution in [1.82, 2.24) is 0 Å². The second kappa shape index (κ2) is 7.28. The lowest BCUT2D eigenvalue weighted by Gasteiger charge is -2.07. The minimum absolute atomic E-state index is 0.0153. The number of carbonyl (C=O) groups excluding carboxylic acids is 1. The van der Waals surface area contributed by atoms with E-state index in [-0.39, 0.29) is 41.4 Å². The van der Waals surface area contributed by atoms with Crippen LogP contribution in [0.1, 0.15) is 28.8 Å². The Balaban J connectivity index is 1.75. The highest BCUT2D eigenvalue weighted by Gasteiger charge is 2.31. The molecule has 1 heterocycles. The van der Waals surface area contributed by atoms with Crippen LogP contribution in [-0.4, -0.2) is 38.8 Å². The lowest BCUT2D eigenvalue weighted by molar-refractivity contribution is -0.137. The van der Waals surface area contributed by atoms with Crippen LogP contribution in [0.5, 0.6) is 28.7 Å². The van der Waals surface area contributed by atoms with E-state index < -0.39 is 23.3 Å². The number of carboxylic acids is 1. The zero-order chi connectivity index (χ0) is 19.6. The van der Waals surface area contributed by atoms with Gasteiger partial charge in [-0.3, -0.25) is 9.59 Å². The topological polar surface area (TPSA) is 134 Å². The van der Waals surface area contributed by atoms with Crippen LogP contribution in [-0.2, 0) is 4.79 Å². The predicted molar refractivity (Wildman–Crippen MR) is 93.2 cm³/mol. The van der Waals surface area contributed by atoms with Crippen molar-refractivity contribution in [2.45, 2.75) is 12.8 Å². The van der Waals surface area contributed by atoms with Gasteiger partial charge >= 0.3 is 5.97 Å². The van der Waals surface area contributed by atoms with Gasteiger partial charge in [0.25, 0.3) is 0 Å². The third kappa shape index (κ3) is 3.79. The molecule has 2 aromatic carbocycles. The van der Waals surface area contributed by atoms with Crippen LogP contribution in [0.2, 0.25) is 0 Å². The number of hydrogen-bond acceptors (Lipinski definition) is 7. The first-order valence-electron chi connectivity index (χ1n) is 8.03. The molecule has 0 aromatic heterocycles. The first kappa shape index (κ1) is 18.1. The molecule has 0 saturated heterocycles. The van der Waals surface area contributed by atoms with Crippen LogP contribution in [0.25, 0.3) is 6.08 Å². The Morgan fingerprint density at radius 2 is 1.89 bits per heavy atom. The van der Waals surface area contributed by atoms with Crippen LogP contribution in [0.4, 0.5) is 0 Å². The molecule has 0 saturated carbocycles. The Morgan fingerprint density at radius 3 is 2.59 bits per heavy atom. The van der Waals surface area contributed by atoms with Gasteiger partial charge in [0, 0.05) is 18.1 Å². The number of Topliss-reactive ketones (excluding diaryl/α,β-unsaturated/α-hetero) is 1. The van der Waals surface area contributed by atoms with E-state index in [0.29, 0.717) is 12.2 Å². The van der Waals surface area contributed by atoms with Crippen molar-refractivity contribution < 1.29 is 39.5 Å². The summed E-state index contributed by atoms with van der Waals surface area (Å²) >= 11 is 0. The molecule has 0 bridgehead atoms. The Kier molecular flexibility index (Phi) is 4.89. The van der Waals surface area contributed by atoms with Gasteiger partial charge in [-0.2, -0.15) is 0 Å². The minimum Gasteiger partial charge on any atom is -0.507 e. The van der Waals surface area contributed by atoms with E-state index in [0.717, 1.165) is 0 Å². The molecular formula is C19H16O8. The zero-order valence-electron chi connectivity index (χ0n) is 14.0. The fourth-order valence-corrected chi connectivity index (χ4v) is 2.52. The maximum absolute atomic E-state index is 12.3. The van der Waals surface area contributed by atoms with E-state index in [2.05, 4.69) is 0 Å². The summed E-state index contributed by atoms with van der Waals surface area (Å²) in [7, 11) is 0. The van der Waals surface area contributed by atoms with Crippen molar-refractivity contribution in [3.63, 3.8) is 0 Å². The van der Waals surface area contributed by atoms with Gasteiger partial charge in [0.1, 0.15) is 11.5 Å². The summed E-state index contributed by atoms with van der Waals surface area (Å²) in [5, 5.41) is 38.0. The van der Waals surface area contributed by atoms with Crippen LogP contribution in [0, 0.1) is 0 Å². The minimum atomic E-state index is -0.912. The molecule has 8 heteroatoms. The molecular weight excluding hydrogens is 356 g/mol. The number of carboxylic acid groups (broad SMARTS) is 1. The number of aromatic hydroxyl groups is 3. The maximum Gasteiger partial charge on any atom is 0.303 e. The SMILES string of the molecule is O=C(O)CCCOc1ccc(/C=C2\Oc3c(ccc(O)c3O)C2=O)c(O)c1. The molecule has 4 N–H and O–H groups in total. The second-order valence-electron chi connectivity index (χ2n) is 5.82. The molecule has 8 nitrogen and oxygen atoms in total. The number of phenolic OH excluding ortho intramolecular Hbond substituents is 3. The van der Waals surface area contributed by atoms with Crippen molar-refractivity contribution in [3.05, 3.63) is 47.2 Å². The highest BCUT2D eigenvalue weighted by molar-refractivity contribution is 6.15. The fourth-order valence-electron chi connectivity index (χ4n) is 2.52. The molecule has 0 spiro atoms. The summed E-state index contributed by atoms with van der Waals surface area (Å²) in [5.74, 6) is -2.41. The molecule has 0 radical (unpaired) electrons. The van der Waals surface area contributed by atoms with Crippen molar-refractivity contribution in [3.8, 4) is 28.7 Å². The van der Waals surface area contributed by atoms with Gasteiger partial charge in [0.15, 0.2) is 17.3 Å². The number of fused-ring (bicyclic) bond motifs is 1. The van der Waals surface area contributed by atoms with E-state index in [9.17, 15) is 24.9 Å². The van der Waals surface area contributed by atoms with Gasteiger partial charge in [-0.1, -0.05) is 0 Å². The highest BCUT2D eigenvalue weighted by Crippen LogP contribution is 2.44. The summed E-state index contributed by atoms with van der Waals surface area (Å²) in [6, 6.07) is 6.92. The molecule has 1 aliphatic rings. The molecule has 27 heavy (non-hydrogen) atoms. The third-order valence-corrected chi connectivity index (χ3v) is 3.88. The summed E-state index contributed by atoms with van der Waals surface area (Å²) in [5.41, 5.74) is 0.391. The standard InChI is InChI=1S/C19H16O8/c20-13-6-5-12-17(24)15(27-19(12)18(13)25)8-10-3-4-11(9-14(10)21)26-7-1-2-16(22)23/h3-6,8-9,20-21,25H,1-2,7H2,(H,22,23)/b15-8-. The molecule has 0 amide bonds. The van der Waals surface area contributed by atoms with Crippen molar-refractivity contribution in [1.29, 1.82) is 0 Å². The molecule has 0 unspecified atom stereocenters. The molecule has 0 atom stereocenters. The second-order valence-corrected chi connectivity index (χ2v) is 5.82. The van der Waals surface area contributed by atoms with Crippen LogP contribution < -0.4 is 9.47 Å². The van der Waals surface area contributed by atoms with E-state index in [1.54, 1.807) is 6.07 Å². The number of aliphatic carboxylic acids is 1. The highest BCUT2D eigenvalue weighted by atomic mass is 16.5. The largest absolute Gasteiger partial charge is 0.507 e. The average Bonchev–Trinajstić information content (AvgIpc) is 2.94. The van der Waals surface area contributed by atoms with E-state index in [4.69, 9.17) is 14.6 Å². The number of phenols is 3. The Labute approximate surface area is 153 Å².